The molecular weight excluding hydrogens is 416 g/mol. The van der Waals surface area contributed by atoms with Crippen molar-refractivity contribution in [2.45, 2.75) is 26.3 Å². The van der Waals surface area contributed by atoms with Crippen LogP contribution in [0.1, 0.15) is 18.9 Å². The van der Waals surface area contributed by atoms with E-state index in [1.165, 1.54) is 14.2 Å². The fraction of sp³-hybridized carbons (Fsp3) is 0.350. The number of halogens is 1. The fourth-order valence-corrected chi connectivity index (χ4v) is 4.29. The van der Waals surface area contributed by atoms with E-state index >= 15 is 0 Å². The van der Waals surface area contributed by atoms with Gasteiger partial charge in [-0.2, -0.15) is 0 Å². The number of nitrogens with one attached hydrogen (secondary N) is 1. The molecule has 0 aliphatic heterocycles. The smallest absolute Gasteiger partial charge is 0.248 e. The maximum Gasteiger partial charge on any atom is 0.248 e. The lowest BCUT2D eigenvalue weighted by atomic mass is 10.1. The molecule has 0 bridgehead atoms. The van der Waals surface area contributed by atoms with Gasteiger partial charge in [0, 0.05) is 11.1 Å². The number of carbonyl (C=O) groups is 1. The lowest BCUT2D eigenvalue weighted by Gasteiger charge is -2.30. The number of amides is 1. The normalized spacial score (nSPS) is 12.2. The van der Waals surface area contributed by atoms with Gasteiger partial charge >= 0.3 is 0 Å². The van der Waals surface area contributed by atoms with E-state index in [1.54, 1.807) is 43.3 Å². The van der Waals surface area contributed by atoms with E-state index in [2.05, 4.69) is 5.32 Å². The molecule has 158 valence electrons. The van der Waals surface area contributed by atoms with Crippen LogP contribution >= 0.6 is 11.6 Å². The molecule has 2 aromatic carbocycles. The van der Waals surface area contributed by atoms with E-state index < -0.39 is 22.0 Å². The van der Waals surface area contributed by atoms with Crippen LogP contribution in [0.3, 0.4) is 0 Å². The summed E-state index contributed by atoms with van der Waals surface area (Å²) in [6.45, 7) is 3.55. The SMILES string of the molecule is CCC(C(=O)Nc1cc(OC)ccc1OC)N(c1ccc(C)c(Cl)c1)S(C)(=O)=O. The molecule has 2 rings (SSSR count). The summed E-state index contributed by atoms with van der Waals surface area (Å²) in [6.07, 6.45) is 1.31. The first kappa shape index (κ1) is 22.8. The lowest BCUT2D eigenvalue weighted by Crippen LogP contribution is -2.47. The topological polar surface area (TPSA) is 84.9 Å². The summed E-state index contributed by atoms with van der Waals surface area (Å²) >= 11 is 6.19. The molecule has 0 saturated heterocycles. The van der Waals surface area contributed by atoms with Gasteiger partial charge in [0.25, 0.3) is 0 Å². The number of carbonyl (C=O) groups excluding carboxylic acids is 1. The number of aryl methyl sites for hydroxylation is 1. The molecule has 0 aliphatic carbocycles. The summed E-state index contributed by atoms with van der Waals surface area (Å²) in [4.78, 5) is 13.1. The van der Waals surface area contributed by atoms with Crippen LogP contribution in [-0.2, 0) is 14.8 Å². The zero-order chi connectivity index (χ0) is 21.8. The van der Waals surface area contributed by atoms with Crippen LogP contribution in [0.25, 0.3) is 0 Å². The molecule has 1 N–H and O–H groups in total. The van der Waals surface area contributed by atoms with E-state index in [4.69, 9.17) is 21.1 Å². The fourth-order valence-electron chi connectivity index (χ4n) is 2.91. The average molecular weight is 441 g/mol. The molecule has 0 saturated carbocycles. The molecule has 9 heteroatoms. The number of sulfonamides is 1. The standard InChI is InChI=1S/C20H25ClN2O5S/c1-6-18(20(24)22-17-12-15(27-3)9-10-19(17)28-4)23(29(5,25)26)14-8-7-13(2)16(21)11-14/h7-12,18H,6H2,1-5H3,(H,22,24). The van der Waals surface area contributed by atoms with E-state index in [0.717, 1.165) is 16.1 Å². The number of anilines is 2. The van der Waals surface area contributed by atoms with Gasteiger partial charge < -0.3 is 14.8 Å². The van der Waals surface area contributed by atoms with Crippen LogP contribution in [-0.4, -0.2) is 40.8 Å². The van der Waals surface area contributed by atoms with E-state index in [0.29, 0.717) is 27.9 Å². The van der Waals surface area contributed by atoms with Crippen LogP contribution in [0.5, 0.6) is 11.5 Å². The van der Waals surface area contributed by atoms with Crippen molar-refractivity contribution in [1.29, 1.82) is 0 Å². The Balaban J connectivity index is 2.45. The number of rotatable bonds is 8. The molecule has 7 nitrogen and oxygen atoms in total. The summed E-state index contributed by atoms with van der Waals surface area (Å²) in [5.41, 5.74) is 1.51. The molecule has 29 heavy (non-hydrogen) atoms. The number of nitrogens with zero attached hydrogens (tertiary/aromatic N) is 1. The van der Waals surface area contributed by atoms with Gasteiger partial charge in [0.05, 0.1) is 31.9 Å². The van der Waals surface area contributed by atoms with Crippen LogP contribution < -0.4 is 19.1 Å². The Hall–Kier alpha value is -2.45. The van der Waals surface area contributed by atoms with Crippen LogP contribution in [0, 0.1) is 6.92 Å². The highest BCUT2D eigenvalue weighted by Crippen LogP contribution is 2.31. The number of benzene rings is 2. The Bertz CT molecular complexity index is 994. The number of ether oxygens (including phenoxy) is 2. The third kappa shape index (κ3) is 5.33. The first-order valence-corrected chi connectivity index (χ1v) is 11.1. The van der Waals surface area contributed by atoms with E-state index in [-0.39, 0.29) is 6.42 Å². The Kier molecular flexibility index (Phi) is 7.37. The van der Waals surface area contributed by atoms with Crippen LogP contribution in [0.4, 0.5) is 11.4 Å². The molecule has 0 aromatic heterocycles. The monoisotopic (exact) mass is 440 g/mol. The lowest BCUT2D eigenvalue weighted by molar-refractivity contribution is -0.117. The Morgan fingerprint density at radius 1 is 1.17 bits per heavy atom. The predicted octanol–water partition coefficient (Wildman–Crippen LogP) is 3.85. The van der Waals surface area contributed by atoms with Gasteiger partial charge in [0.1, 0.15) is 17.5 Å². The molecule has 1 amide bonds. The summed E-state index contributed by atoms with van der Waals surface area (Å²) in [6, 6.07) is 8.86. The second-order valence-corrected chi connectivity index (χ2v) is 8.74. The van der Waals surface area contributed by atoms with E-state index in [1.807, 2.05) is 6.92 Å². The molecule has 0 aliphatic rings. The zero-order valence-electron chi connectivity index (χ0n) is 17.0. The third-order valence-corrected chi connectivity index (χ3v) is 5.99. The highest BCUT2D eigenvalue weighted by Gasteiger charge is 2.32. The predicted molar refractivity (Wildman–Crippen MR) is 116 cm³/mol. The number of hydrogen-bond donors (Lipinski definition) is 1. The molecule has 0 fully saturated rings. The molecular formula is C20H25ClN2O5S. The minimum absolute atomic E-state index is 0.247. The van der Waals surface area contributed by atoms with Crippen molar-refractivity contribution in [3.63, 3.8) is 0 Å². The second-order valence-electron chi connectivity index (χ2n) is 6.47. The van der Waals surface area contributed by atoms with Gasteiger partial charge in [-0.25, -0.2) is 8.42 Å². The van der Waals surface area contributed by atoms with Crippen LogP contribution in [0.15, 0.2) is 36.4 Å². The van der Waals surface area contributed by atoms with Gasteiger partial charge in [-0.1, -0.05) is 24.6 Å². The largest absolute Gasteiger partial charge is 0.497 e. The molecule has 1 unspecified atom stereocenters. The van der Waals surface area contributed by atoms with Crippen molar-refractivity contribution in [2.24, 2.45) is 0 Å². The van der Waals surface area contributed by atoms with E-state index in [9.17, 15) is 13.2 Å². The number of methoxy groups -OCH3 is 2. The summed E-state index contributed by atoms with van der Waals surface area (Å²) in [5, 5.41) is 3.17. The van der Waals surface area contributed by atoms with Crippen molar-refractivity contribution in [2.75, 3.05) is 30.1 Å². The maximum atomic E-state index is 13.1. The maximum absolute atomic E-state index is 13.1. The Labute approximate surface area is 176 Å². The first-order valence-electron chi connectivity index (χ1n) is 8.90. The molecule has 0 spiro atoms. The third-order valence-electron chi connectivity index (χ3n) is 4.40. The molecule has 0 heterocycles. The van der Waals surface area contributed by atoms with Gasteiger partial charge in [-0.3, -0.25) is 9.10 Å². The van der Waals surface area contributed by atoms with Crippen molar-refractivity contribution in [3.8, 4) is 11.5 Å². The van der Waals surface area contributed by atoms with Crippen molar-refractivity contribution in [1.82, 2.24) is 0 Å². The van der Waals surface area contributed by atoms with Crippen LogP contribution in [0.2, 0.25) is 5.02 Å². The van der Waals surface area contributed by atoms with Gasteiger partial charge in [0.15, 0.2) is 0 Å². The van der Waals surface area contributed by atoms with Gasteiger partial charge in [-0.05, 0) is 43.2 Å². The molecule has 2 aromatic rings. The molecule has 1 atom stereocenters. The summed E-state index contributed by atoms with van der Waals surface area (Å²) in [5.74, 6) is 0.457. The second kappa shape index (κ2) is 9.37. The minimum atomic E-state index is -3.77. The first-order chi connectivity index (χ1) is 13.6. The zero-order valence-corrected chi connectivity index (χ0v) is 18.6. The summed E-state index contributed by atoms with van der Waals surface area (Å²) in [7, 11) is -0.780. The van der Waals surface area contributed by atoms with Gasteiger partial charge in [0.2, 0.25) is 15.9 Å². The minimum Gasteiger partial charge on any atom is -0.497 e. The average Bonchev–Trinajstić information content (AvgIpc) is 2.67. The highest BCUT2D eigenvalue weighted by atomic mass is 35.5. The molecule has 0 radical (unpaired) electrons. The highest BCUT2D eigenvalue weighted by molar-refractivity contribution is 7.92. The van der Waals surface area contributed by atoms with Crippen molar-refractivity contribution >= 4 is 38.9 Å². The Morgan fingerprint density at radius 2 is 1.86 bits per heavy atom. The summed E-state index contributed by atoms with van der Waals surface area (Å²) < 4.78 is 36.7. The Morgan fingerprint density at radius 3 is 2.38 bits per heavy atom. The van der Waals surface area contributed by atoms with Crippen molar-refractivity contribution < 1.29 is 22.7 Å². The van der Waals surface area contributed by atoms with Gasteiger partial charge in [-0.15, -0.1) is 0 Å². The van der Waals surface area contributed by atoms with Crippen molar-refractivity contribution in [3.05, 3.63) is 47.0 Å². The quantitative estimate of drug-likeness (QED) is 0.673. The number of hydrogen-bond acceptors (Lipinski definition) is 5.